The molecule has 0 fully saturated rings. The molecule has 5 rings (SSSR count). The Morgan fingerprint density at radius 3 is 2.55 bits per heavy atom. The number of fused-ring (bicyclic) bond motifs is 2. The zero-order valence-corrected chi connectivity index (χ0v) is 16.9. The summed E-state index contributed by atoms with van der Waals surface area (Å²) in [5, 5.41) is 7.72. The Labute approximate surface area is 173 Å². The Bertz CT molecular complexity index is 1440. The van der Waals surface area contributed by atoms with Gasteiger partial charge in [0.25, 0.3) is 0 Å². The van der Waals surface area contributed by atoms with Crippen molar-refractivity contribution in [3.05, 3.63) is 70.2 Å². The monoisotopic (exact) mass is 469 g/mol. The predicted octanol–water partition coefficient (Wildman–Crippen LogP) is 4.45. The van der Waals surface area contributed by atoms with Gasteiger partial charge in [-0.2, -0.15) is 0 Å². The lowest BCUT2D eigenvalue weighted by atomic mass is 9.87. The number of aromatic nitrogens is 1. The smallest absolute Gasteiger partial charge is 0.196 e. The van der Waals surface area contributed by atoms with Gasteiger partial charge in [-0.3, -0.25) is 4.79 Å². The molecule has 7 nitrogen and oxygen atoms in total. The van der Waals surface area contributed by atoms with E-state index in [9.17, 15) is 17.8 Å². The molecule has 3 aromatic carbocycles. The molecule has 4 aromatic rings. The molecule has 0 saturated heterocycles. The van der Waals surface area contributed by atoms with E-state index in [0.29, 0.717) is 49.2 Å². The number of carbonyl (C=O) groups is 1. The SMILES string of the molecule is O=C1c2ccccc2-c2onc3c(Br)cc(Nc4cccc(S(=O)(=O)[O-])c4)c1c23. The highest BCUT2D eigenvalue weighted by molar-refractivity contribution is 9.10. The van der Waals surface area contributed by atoms with Crippen LogP contribution in [0.4, 0.5) is 11.4 Å². The zero-order chi connectivity index (χ0) is 20.3. The summed E-state index contributed by atoms with van der Waals surface area (Å²) < 4.78 is 40.1. The number of ketones is 1. The van der Waals surface area contributed by atoms with Gasteiger partial charge in [-0.1, -0.05) is 35.5 Å². The lowest BCUT2D eigenvalue weighted by molar-refractivity contribution is 0.104. The molecule has 0 unspecified atom stereocenters. The van der Waals surface area contributed by atoms with Crippen LogP contribution in [0.25, 0.3) is 22.2 Å². The van der Waals surface area contributed by atoms with Gasteiger partial charge in [0.05, 0.1) is 21.5 Å². The minimum Gasteiger partial charge on any atom is -0.744 e. The van der Waals surface area contributed by atoms with Gasteiger partial charge in [-0.05, 0) is 40.2 Å². The van der Waals surface area contributed by atoms with Crippen LogP contribution in [-0.2, 0) is 10.1 Å². The largest absolute Gasteiger partial charge is 0.744 e. The number of carbonyl (C=O) groups excluding carboxylic acids is 1. The lowest BCUT2D eigenvalue weighted by Crippen LogP contribution is -2.11. The van der Waals surface area contributed by atoms with E-state index in [1.165, 1.54) is 18.2 Å². The van der Waals surface area contributed by atoms with E-state index < -0.39 is 10.1 Å². The summed E-state index contributed by atoms with van der Waals surface area (Å²) in [6.07, 6.45) is 0. The molecular weight excluding hydrogens is 460 g/mol. The van der Waals surface area contributed by atoms with E-state index in [-0.39, 0.29) is 10.7 Å². The van der Waals surface area contributed by atoms with Gasteiger partial charge < -0.3 is 14.4 Å². The van der Waals surface area contributed by atoms with E-state index in [1.807, 2.05) is 6.07 Å². The number of halogens is 1. The van der Waals surface area contributed by atoms with Crippen molar-refractivity contribution in [2.24, 2.45) is 0 Å². The second-order valence-corrected chi connectivity index (χ2v) is 8.73. The van der Waals surface area contributed by atoms with Crippen LogP contribution in [0.1, 0.15) is 15.9 Å². The highest BCUT2D eigenvalue weighted by atomic mass is 79.9. The highest BCUT2D eigenvalue weighted by Crippen LogP contribution is 2.45. The van der Waals surface area contributed by atoms with Gasteiger partial charge in [-0.25, -0.2) is 8.42 Å². The van der Waals surface area contributed by atoms with E-state index >= 15 is 0 Å². The third-order valence-electron chi connectivity index (χ3n) is 4.75. The summed E-state index contributed by atoms with van der Waals surface area (Å²) in [4.78, 5) is 12.9. The Hall–Kier alpha value is -3.01. The summed E-state index contributed by atoms with van der Waals surface area (Å²) in [6, 6.07) is 14.3. The van der Waals surface area contributed by atoms with Crippen LogP contribution in [0.2, 0.25) is 0 Å². The van der Waals surface area contributed by atoms with Crippen LogP contribution >= 0.6 is 15.9 Å². The van der Waals surface area contributed by atoms with Crippen molar-refractivity contribution in [2.45, 2.75) is 4.90 Å². The number of nitrogens with zero attached hydrogens (tertiary/aromatic N) is 1. The molecule has 144 valence electrons. The number of rotatable bonds is 3. The van der Waals surface area contributed by atoms with E-state index in [2.05, 4.69) is 26.4 Å². The summed E-state index contributed by atoms with van der Waals surface area (Å²) >= 11 is 3.45. The third-order valence-corrected chi connectivity index (χ3v) is 6.19. The van der Waals surface area contributed by atoms with Crippen LogP contribution in [-0.4, -0.2) is 23.9 Å². The fraction of sp³-hybridized carbons (Fsp3) is 0. The number of anilines is 2. The Balaban J connectivity index is 1.74. The molecule has 0 aliphatic heterocycles. The van der Waals surface area contributed by atoms with Crippen LogP contribution in [0.15, 0.2) is 68.5 Å². The Kier molecular flexibility index (Phi) is 3.89. The molecule has 0 radical (unpaired) electrons. The number of hydrogen-bond donors (Lipinski definition) is 1. The quantitative estimate of drug-likeness (QED) is 0.388. The van der Waals surface area contributed by atoms with Crippen molar-refractivity contribution in [2.75, 3.05) is 5.32 Å². The summed E-state index contributed by atoms with van der Waals surface area (Å²) in [6.45, 7) is 0. The first-order valence-corrected chi connectivity index (χ1v) is 10.6. The van der Waals surface area contributed by atoms with Gasteiger partial charge in [0.1, 0.15) is 15.6 Å². The van der Waals surface area contributed by atoms with Gasteiger partial charge in [0.2, 0.25) is 0 Å². The van der Waals surface area contributed by atoms with Crippen molar-refractivity contribution in [3.63, 3.8) is 0 Å². The first-order chi connectivity index (χ1) is 13.8. The van der Waals surface area contributed by atoms with E-state index in [0.717, 1.165) is 0 Å². The summed E-state index contributed by atoms with van der Waals surface area (Å²) in [5.74, 6) is 0.286. The zero-order valence-electron chi connectivity index (χ0n) is 14.5. The fourth-order valence-electron chi connectivity index (χ4n) is 3.50. The van der Waals surface area contributed by atoms with Crippen LogP contribution < -0.4 is 5.32 Å². The van der Waals surface area contributed by atoms with Crippen molar-refractivity contribution >= 4 is 54.1 Å². The maximum atomic E-state index is 13.3. The Morgan fingerprint density at radius 1 is 1.03 bits per heavy atom. The van der Waals surface area contributed by atoms with E-state index in [1.54, 1.807) is 30.3 Å². The molecule has 0 bridgehead atoms. The second-order valence-electron chi connectivity index (χ2n) is 6.50. The second kappa shape index (κ2) is 6.24. The molecule has 1 N–H and O–H groups in total. The predicted molar refractivity (Wildman–Crippen MR) is 108 cm³/mol. The standard InChI is InChI=1S/C20H11BrN2O5S/c21-14-9-15(22-10-4-3-5-11(8-10)29(25,26)27)16-17-18(14)23-28-20(17)13-7-2-1-6-12(13)19(16)24/h1-9,22H,(H,25,26,27)/p-1. The average molecular weight is 470 g/mol. The molecule has 1 aliphatic carbocycles. The summed E-state index contributed by atoms with van der Waals surface area (Å²) in [5.41, 5.74) is 2.82. The van der Waals surface area contributed by atoms with Gasteiger partial charge in [0, 0.05) is 21.3 Å². The van der Waals surface area contributed by atoms with Gasteiger partial charge in [-0.15, -0.1) is 0 Å². The van der Waals surface area contributed by atoms with Gasteiger partial charge >= 0.3 is 0 Å². The molecule has 1 aliphatic rings. The lowest BCUT2D eigenvalue weighted by Gasteiger charge is -2.19. The van der Waals surface area contributed by atoms with Crippen molar-refractivity contribution in [1.82, 2.24) is 5.16 Å². The number of nitrogens with one attached hydrogen (secondary N) is 1. The normalized spacial score (nSPS) is 12.8. The molecular formula is C20H10BrN2O5S-. The minimum atomic E-state index is -4.60. The average Bonchev–Trinajstić information content (AvgIpc) is 3.13. The van der Waals surface area contributed by atoms with Crippen LogP contribution in [0, 0.1) is 0 Å². The first kappa shape index (κ1) is 18.0. The topological polar surface area (TPSA) is 112 Å². The molecule has 29 heavy (non-hydrogen) atoms. The number of benzene rings is 3. The van der Waals surface area contributed by atoms with E-state index in [4.69, 9.17) is 4.52 Å². The van der Waals surface area contributed by atoms with Crippen molar-refractivity contribution < 1.29 is 22.3 Å². The summed E-state index contributed by atoms with van der Waals surface area (Å²) in [7, 11) is -4.60. The maximum absolute atomic E-state index is 13.3. The highest BCUT2D eigenvalue weighted by Gasteiger charge is 2.32. The molecule has 0 saturated carbocycles. The molecule has 1 heterocycles. The molecule has 0 atom stereocenters. The van der Waals surface area contributed by atoms with Crippen molar-refractivity contribution in [1.29, 1.82) is 0 Å². The van der Waals surface area contributed by atoms with Crippen molar-refractivity contribution in [3.8, 4) is 11.3 Å². The van der Waals surface area contributed by atoms with Gasteiger partial charge in [0.15, 0.2) is 11.5 Å². The Morgan fingerprint density at radius 2 is 1.79 bits per heavy atom. The minimum absolute atomic E-state index is 0.205. The molecule has 0 spiro atoms. The maximum Gasteiger partial charge on any atom is 0.196 e. The first-order valence-electron chi connectivity index (χ1n) is 8.43. The van der Waals surface area contributed by atoms with Crippen LogP contribution in [0.5, 0.6) is 0 Å². The fourth-order valence-corrected chi connectivity index (χ4v) is 4.52. The number of hydrogen-bond acceptors (Lipinski definition) is 7. The third kappa shape index (κ3) is 2.78. The molecule has 9 heteroatoms. The van der Waals surface area contributed by atoms with Crippen LogP contribution in [0.3, 0.4) is 0 Å². The molecule has 0 amide bonds. The molecule has 1 aromatic heterocycles.